The van der Waals surface area contributed by atoms with E-state index in [1.54, 1.807) is 24.5 Å². The van der Waals surface area contributed by atoms with E-state index in [0.717, 1.165) is 11.8 Å². The van der Waals surface area contributed by atoms with Crippen LogP contribution in [0.5, 0.6) is 11.5 Å². The van der Waals surface area contributed by atoms with Crippen LogP contribution < -0.4 is 9.46 Å². The van der Waals surface area contributed by atoms with Crippen molar-refractivity contribution in [1.82, 2.24) is 9.97 Å². The summed E-state index contributed by atoms with van der Waals surface area (Å²) >= 11 is 0.906. The molecule has 1 N–H and O–H groups in total. The molecule has 0 radical (unpaired) electrons. The standard InChI is InChI=1S/C20H17N3O5S2/c1-14(24)29-13-19(25)15-4-9-20(22-11-15)23-30(26,27)18-7-5-16(6-8-18)28-17-3-2-10-21-12-17/h2-12H,13H2,1H3,(H,22,23). The summed E-state index contributed by atoms with van der Waals surface area (Å²) in [6, 6.07) is 12.2. The second-order valence-corrected chi connectivity index (χ2v) is 8.84. The molecule has 3 aromatic rings. The van der Waals surface area contributed by atoms with Gasteiger partial charge in [0.2, 0.25) is 0 Å². The molecule has 0 unspecified atom stereocenters. The fourth-order valence-corrected chi connectivity index (χ4v) is 3.81. The first-order chi connectivity index (χ1) is 14.3. The van der Waals surface area contributed by atoms with Crippen LogP contribution in [-0.4, -0.2) is 35.0 Å². The van der Waals surface area contributed by atoms with Gasteiger partial charge in [0.05, 0.1) is 16.8 Å². The Hall–Kier alpha value is -3.24. The minimum Gasteiger partial charge on any atom is -0.456 e. The van der Waals surface area contributed by atoms with Crippen molar-refractivity contribution < 1.29 is 22.7 Å². The van der Waals surface area contributed by atoms with Crippen molar-refractivity contribution in [2.45, 2.75) is 11.8 Å². The monoisotopic (exact) mass is 443 g/mol. The molecule has 0 spiro atoms. The lowest BCUT2D eigenvalue weighted by Crippen LogP contribution is -2.14. The average molecular weight is 444 g/mol. The molecule has 0 atom stereocenters. The Morgan fingerprint density at radius 2 is 1.80 bits per heavy atom. The van der Waals surface area contributed by atoms with Crippen molar-refractivity contribution >= 4 is 38.5 Å². The number of hydrogen-bond acceptors (Lipinski definition) is 8. The number of nitrogens with zero attached hydrogens (tertiary/aromatic N) is 2. The zero-order valence-corrected chi connectivity index (χ0v) is 17.4. The summed E-state index contributed by atoms with van der Waals surface area (Å²) in [5.41, 5.74) is 0.295. The normalized spacial score (nSPS) is 11.0. The number of carbonyl (C=O) groups excluding carboxylic acids is 2. The summed E-state index contributed by atoms with van der Waals surface area (Å²) < 4.78 is 33.1. The molecule has 30 heavy (non-hydrogen) atoms. The number of Topliss-reactive ketones (excluding diaryl/α,β-unsaturated/α-hetero) is 1. The Morgan fingerprint density at radius 1 is 1.03 bits per heavy atom. The molecule has 0 saturated heterocycles. The van der Waals surface area contributed by atoms with E-state index in [1.807, 2.05) is 0 Å². The van der Waals surface area contributed by atoms with Crippen molar-refractivity contribution in [3.8, 4) is 11.5 Å². The molecule has 0 fully saturated rings. The van der Waals surface area contributed by atoms with Crippen molar-refractivity contribution in [3.63, 3.8) is 0 Å². The number of benzene rings is 1. The molecule has 154 valence electrons. The molecule has 0 amide bonds. The Kier molecular flexibility index (Phi) is 6.80. The molecule has 0 aliphatic rings. The van der Waals surface area contributed by atoms with Gasteiger partial charge in [-0.15, -0.1) is 0 Å². The minimum atomic E-state index is -3.87. The number of ketones is 1. The van der Waals surface area contributed by atoms with Gasteiger partial charge >= 0.3 is 0 Å². The third-order valence-electron chi connectivity index (χ3n) is 3.74. The van der Waals surface area contributed by atoms with Gasteiger partial charge in [0, 0.05) is 24.9 Å². The van der Waals surface area contributed by atoms with Crippen LogP contribution in [0.15, 0.2) is 72.0 Å². The van der Waals surface area contributed by atoms with Crippen molar-refractivity contribution in [2.24, 2.45) is 0 Å². The van der Waals surface area contributed by atoms with Crippen molar-refractivity contribution in [2.75, 3.05) is 10.5 Å². The van der Waals surface area contributed by atoms with Gasteiger partial charge in [0.25, 0.3) is 10.0 Å². The van der Waals surface area contributed by atoms with Gasteiger partial charge in [-0.05, 0) is 48.5 Å². The summed E-state index contributed by atoms with van der Waals surface area (Å²) in [5.74, 6) is 0.816. The van der Waals surface area contributed by atoms with E-state index >= 15 is 0 Å². The second kappa shape index (κ2) is 9.51. The molecule has 0 saturated carbocycles. The molecule has 3 rings (SSSR count). The molecular formula is C20H17N3O5S2. The topological polar surface area (TPSA) is 115 Å². The zero-order chi connectivity index (χ0) is 21.6. The average Bonchev–Trinajstić information content (AvgIpc) is 2.73. The van der Waals surface area contributed by atoms with Gasteiger partial charge in [-0.2, -0.15) is 0 Å². The number of carbonyl (C=O) groups is 2. The highest BCUT2D eigenvalue weighted by Crippen LogP contribution is 2.23. The fourth-order valence-electron chi connectivity index (χ4n) is 2.30. The van der Waals surface area contributed by atoms with E-state index in [9.17, 15) is 18.0 Å². The molecule has 8 nitrogen and oxygen atoms in total. The summed E-state index contributed by atoms with van der Waals surface area (Å²) in [5, 5.41) is -0.155. The Balaban J connectivity index is 1.65. The van der Waals surface area contributed by atoms with Gasteiger partial charge < -0.3 is 4.74 Å². The van der Waals surface area contributed by atoms with Crippen LogP contribution in [0.25, 0.3) is 0 Å². The van der Waals surface area contributed by atoms with E-state index in [-0.39, 0.29) is 27.4 Å². The lowest BCUT2D eigenvalue weighted by Gasteiger charge is -2.09. The molecule has 1 aromatic carbocycles. The van der Waals surface area contributed by atoms with Crippen molar-refractivity contribution in [3.05, 3.63) is 72.7 Å². The quantitative estimate of drug-likeness (QED) is 0.526. The smallest absolute Gasteiger partial charge is 0.263 e. The maximum Gasteiger partial charge on any atom is 0.263 e. The zero-order valence-electron chi connectivity index (χ0n) is 15.8. The number of ether oxygens (including phenoxy) is 1. The third-order valence-corrected chi connectivity index (χ3v) is 5.92. The fraction of sp³-hybridized carbons (Fsp3) is 0.100. The molecule has 0 aliphatic heterocycles. The van der Waals surface area contributed by atoms with Crippen LogP contribution in [0.1, 0.15) is 17.3 Å². The third kappa shape index (κ3) is 5.88. The summed E-state index contributed by atoms with van der Waals surface area (Å²) in [4.78, 5) is 30.9. The van der Waals surface area contributed by atoms with E-state index in [1.165, 1.54) is 49.5 Å². The molecule has 10 heteroatoms. The predicted octanol–water partition coefficient (Wildman–Crippen LogP) is 3.53. The highest BCUT2D eigenvalue weighted by atomic mass is 32.2. The van der Waals surface area contributed by atoms with Crippen LogP contribution in [0, 0.1) is 0 Å². The predicted molar refractivity (Wildman–Crippen MR) is 113 cm³/mol. The Morgan fingerprint density at radius 3 is 2.40 bits per heavy atom. The Labute approximate surface area is 177 Å². The van der Waals surface area contributed by atoms with E-state index < -0.39 is 10.0 Å². The number of rotatable bonds is 8. The minimum absolute atomic E-state index is 0.00947. The van der Waals surface area contributed by atoms with E-state index in [4.69, 9.17) is 4.74 Å². The summed E-state index contributed by atoms with van der Waals surface area (Å²) in [7, 11) is -3.87. The highest BCUT2D eigenvalue weighted by molar-refractivity contribution is 8.14. The van der Waals surface area contributed by atoms with Gasteiger partial charge in [-0.25, -0.2) is 13.4 Å². The van der Waals surface area contributed by atoms with Crippen LogP contribution in [0.3, 0.4) is 0 Å². The molecule has 2 heterocycles. The van der Waals surface area contributed by atoms with E-state index in [0.29, 0.717) is 17.1 Å². The van der Waals surface area contributed by atoms with Gasteiger partial charge in [-0.3, -0.25) is 19.3 Å². The SMILES string of the molecule is CC(=O)SCC(=O)c1ccc(NS(=O)(=O)c2ccc(Oc3cccnc3)cc2)nc1. The van der Waals surface area contributed by atoms with Crippen molar-refractivity contribution in [1.29, 1.82) is 0 Å². The number of sulfonamides is 1. The first-order valence-corrected chi connectivity index (χ1v) is 11.1. The molecule has 2 aromatic heterocycles. The maximum absolute atomic E-state index is 12.6. The first kappa shape index (κ1) is 21.5. The lowest BCUT2D eigenvalue weighted by molar-refractivity contribution is -0.109. The number of aromatic nitrogens is 2. The maximum atomic E-state index is 12.6. The molecular weight excluding hydrogens is 426 g/mol. The summed E-state index contributed by atoms with van der Waals surface area (Å²) in [6.07, 6.45) is 4.44. The largest absolute Gasteiger partial charge is 0.456 e. The van der Waals surface area contributed by atoms with Crippen LogP contribution in [0.4, 0.5) is 5.82 Å². The lowest BCUT2D eigenvalue weighted by atomic mass is 10.2. The number of pyridine rings is 2. The Bertz CT molecular complexity index is 1130. The highest BCUT2D eigenvalue weighted by Gasteiger charge is 2.16. The number of hydrogen-bond donors (Lipinski definition) is 1. The number of thioether (sulfide) groups is 1. The van der Waals surface area contributed by atoms with Gasteiger partial charge in [-0.1, -0.05) is 11.8 Å². The van der Waals surface area contributed by atoms with Crippen LogP contribution in [0.2, 0.25) is 0 Å². The molecule has 0 bridgehead atoms. The first-order valence-electron chi connectivity index (χ1n) is 8.67. The summed E-state index contributed by atoms with van der Waals surface area (Å²) in [6.45, 7) is 1.38. The number of nitrogens with one attached hydrogen (secondary N) is 1. The molecule has 0 aliphatic carbocycles. The van der Waals surface area contributed by atoms with Gasteiger partial charge in [0.15, 0.2) is 10.9 Å². The van der Waals surface area contributed by atoms with Crippen LogP contribution >= 0.6 is 11.8 Å². The van der Waals surface area contributed by atoms with Gasteiger partial charge in [0.1, 0.15) is 17.3 Å². The number of anilines is 1. The second-order valence-electron chi connectivity index (χ2n) is 6.00. The van der Waals surface area contributed by atoms with Crippen LogP contribution in [-0.2, 0) is 14.8 Å². The van der Waals surface area contributed by atoms with E-state index in [2.05, 4.69) is 14.7 Å².